The number of hydrogen-bond donors (Lipinski definition) is 6. The van der Waals surface area contributed by atoms with Crippen molar-refractivity contribution in [2.45, 2.75) is 62.0 Å². The van der Waals surface area contributed by atoms with Gasteiger partial charge in [0.2, 0.25) is 5.95 Å². The number of aromatic nitrogens is 6. The van der Waals surface area contributed by atoms with E-state index in [1.807, 2.05) is 6.92 Å². The molecule has 7 heterocycles. The molecule has 0 aromatic carbocycles. The molecule has 3 aromatic rings. The summed E-state index contributed by atoms with van der Waals surface area (Å²) in [5.74, 6) is -0.0716. The number of phosphoric ester groups is 1. The van der Waals surface area contributed by atoms with Crippen molar-refractivity contribution >= 4 is 55.6 Å². The van der Waals surface area contributed by atoms with Crippen LogP contribution >= 0.6 is 26.9 Å². The molecule has 0 spiro atoms. The minimum atomic E-state index is -5.10. The molecule has 0 radical (unpaired) electrons. The highest BCUT2D eigenvalue weighted by Crippen LogP contribution is 2.58. The molecule has 4 aliphatic rings. The Morgan fingerprint density at radius 3 is 2.62 bits per heavy atom. The molecule has 11 atom stereocenters. The van der Waals surface area contributed by atoms with Crippen LogP contribution in [0.15, 0.2) is 29.7 Å². The van der Waals surface area contributed by atoms with E-state index in [1.54, 1.807) is 6.08 Å². The van der Waals surface area contributed by atoms with Gasteiger partial charge >= 0.3 is 14.6 Å². The first kappa shape index (κ1) is 32.5. The summed E-state index contributed by atoms with van der Waals surface area (Å²) in [5, 5.41) is 11.1. The van der Waals surface area contributed by atoms with Gasteiger partial charge in [0.15, 0.2) is 29.8 Å². The standard InChI is InChI=1S/C23H28FN9O11P2S/c1-8-2-3-32(18-11(8)17(25)27-6-28-18)21-12(24)15-10(42-21)5-40-46(38,47)44-16-14(34)9(4-39-45(36,37)43-15)41-22(16)33-7-29-13-19(33)30-23(26)31-20(13)35/h2-3,6-10,12,14-16,21-22,34H,4-5H2,1H3,(H,36,37)(H,38,47)(H2,25,27,28)(H3,26,30,31,35)/t8?,9?,10-,12?,14?,15?,16?,21-,22?,46+/m1/s1. The van der Waals surface area contributed by atoms with Crippen molar-refractivity contribution in [3.05, 3.63) is 40.8 Å². The van der Waals surface area contributed by atoms with E-state index in [0.717, 1.165) is 6.33 Å². The lowest BCUT2D eigenvalue weighted by molar-refractivity contribution is -0.0586. The molecule has 0 amide bonds. The summed E-state index contributed by atoms with van der Waals surface area (Å²) in [7, 11) is -5.10. The number of phosphoric acid groups is 1. The second-order valence-corrected chi connectivity index (χ2v) is 15.3. The summed E-state index contributed by atoms with van der Waals surface area (Å²) < 4.78 is 77.3. The van der Waals surface area contributed by atoms with E-state index >= 15 is 4.39 Å². The third kappa shape index (κ3) is 5.86. The van der Waals surface area contributed by atoms with Gasteiger partial charge in [0.05, 0.1) is 19.5 Å². The van der Waals surface area contributed by atoms with Crippen LogP contribution in [0.1, 0.15) is 24.6 Å². The van der Waals surface area contributed by atoms with Gasteiger partial charge in [0.25, 0.3) is 5.56 Å². The molecule has 7 N–H and O–H groups in total. The van der Waals surface area contributed by atoms with Crippen LogP contribution in [0.5, 0.6) is 0 Å². The highest BCUT2D eigenvalue weighted by Gasteiger charge is 2.55. The molecule has 0 saturated carbocycles. The highest BCUT2D eigenvalue weighted by molar-refractivity contribution is 8.44. The van der Waals surface area contributed by atoms with Gasteiger partial charge < -0.3 is 35.8 Å². The Kier molecular flexibility index (Phi) is 8.20. The molecular weight excluding hydrogens is 691 g/mol. The van der Waals surface area contributed by atoms with E-state index in [1.165, 1.54) is 22.0 Å². The molecule has 254 valence electrons. The zero-order valence-electron chi connectivity index (χ0n) is 24.0. The fraction of sp³-hybridized carbons (Fsp3) is 0.522. The predicted molar refractivity (Wildman–Crippen MR) is 161 cm³/mol. The first-order valence-corrected chi connectivity index (χ1v) is 18.2. The Bertz CT molecular complexity index is 1900. The number of nitrogen functional groups attached to an aromatic ring is 2. The van der Waals surface area contributed by atoms with Gasteiger partial charge in [-0.25, -0.2) is 28.5 Å². The van der Waals surface area contributed by atoms with Crippen molar-refractivity contribution < 1.29 is 51.1 Å². The average Bonchev–Trinajstić information content (AvgIpc) is 3.65. The number of halogens is 1. The second-order valence-electron chi connectivity index (χ2n) is 11.0. The second kappa shape index (κ2) is 11.8. The summed E-state index contributed by atoms with van der Waals surface area (Å²) in [5.41, 5.74) is 11.4. The summed E-state index contributed by atoms with van der Waals surface area (Å²) in [6.45, 7) is -4.14. The molecule has 3 saturated heterocycles. The fourth-order valence-electron chi connectivity index (χ4n) is 5.84. The minimum Gasteiger partial charge on any atom is -0.387 e. The normalized spacial score (nSPS) is 39.2. The number of alkyl halides is 1. The number of hydrogen-bond acceptors (Lipinski definition) is 17. The van der Waals surface area contributed by atoms with E-state index < -0.39 is 82.5 Å². The number of ether oxygens (including phenoxy) is 2. The van der Waals surface area contributed by atoms with E-state index in [9.17, 15) is 23.9 Å². The Hall–Kier alpha value is -3.01. The van der Waals surface area contributed by atoms with Crippen LogP contribution in [-0.2, 0) is 36.7 Å². The van der Waals surface area contributed by atoms with Crippen molar-refractivity contribution in [2.24, 2.45) is 0 Å². The van der Waals surface area contributed by atoms with Gasteiger partial charge in [-0.15, -0.1) is 0 Å². The lowest BCUT2D eigenvalue weighted by Crippen LogP contribution is -2.41. The van der Waals surface area contributed by atoms with Crippen LogP contribution in [-0.4, -0.2) is 95.6 Å². The van der Waals surface area contributed by atoms with Crippen molar-refractivity contribution in [1.82, 2.24) is 29.5 Å². The Labute approximate surface area is 268 Å². The van der Waals surface area contributed by atoms with Gasteiger partial charge in [-0.05, 0) is 0 Å². The smallest absolute Gasteiger partial charge is 0.387 e. The number of fused-ring (bicyclic) bond motifs is 5. The third-order valence-corrected chi connectivity index (χ3v) is 10.6. The van der Waals surface area contributed by atoms with Crippen LogP contribution in [0.25, 0.3) is 11.2 Å². The SMILES string of the molecule is CC1C=CN([C@@H]2O[C@@H]3CO[P@](=O)(S)OC4C(O)C(COP(=O)(O)OC3C2F)OC4n2cnc3c(=O)[nH]c(N)nc32)c2ncnc(N)c21. The Balaban J connectivity index is 1.19. The molecule has 24 heteroatoms. The third-order valence-electron chi connectivity index (χ3n) is 8.02. The Morgan fingerprint density at radius 2 is 1.83 bits per heavy atom. The Morgan fingerprint density at radius 1 is 1.09 bits per heavy atom. The number of rotatable bonds is 2. The number of aliphatic hydroxyl groups is 1. The maximum Gasteiger partial charge on any atom is 0.472 e. The number of allylic oxidation sites excluding steroid dienone is 1. The monoisotopic (exact) mass is 719 g/mol. The molecule has 20 nitrogen and oxygen atoms in total. The lowest BCUT2D eigenvalue weighted by Gasteiger charge is -2.33. The number of aliphatic hydroxyl groups excluding tert-OH is 1. The quantitative estimate of drug-likeness (QED) is 0.155. The zero-order chi connectivity index (χ0) is 33.4. The average molecular weight is 720 g/mol. The van der Waals surface area contributed by atoms with E-state index in [4.69, 9.17) is 39.0 Å². The molecule has 7 rings (SSSR count). The number of thiol groups is 1. The first-order valence-electron chi connectivity index (χ1n) is 14.0. The van der Waals surface area contributed by atoms with Crippen molar-refractivity contribution in [2.75, 3.05) is 29.6 Å². The first-order chi connectivity index (χ1) is 22.2. The maximum absolute atomic E-state index is 16.2. The van der Waals surface area contributed by atoms with Gasteiger partial charge in [-0.3, -0.25) is 32.4 Å². The minimum absolute atomic E-state index is 0.0807. The molecule has 8 unspecified atom stereocenters. The molecule has 2 bridgehead atoms. The van der Waals surface area contributed by atoms with Crippen LogP contribution < -0.4 is 21.9 Å². The number of nitrogens with one attached hydrogen (secondary N) is 1. The van der Waals surface area contributed by atoms with E-state index in [0.29, 0.717) is 5.56 Å². The van der Waals surface area contributed by atoms with Crippen molar-refractivity contribution in [3.8, 4) is 0 Å². The van der Waals surface area contributed by atoms with Crippen LogP contribution in [0, 0.1) is 0 Å². The summed E-state index contributed by atoms with van der Waals surface area (Å²) in [6, 6.07) is 0. The van der Waals surface area contributed by atoms with Crippen molar-refractivity contribution in [3.63, 3.8) is 0 Å². The van der Waals surface area contributed by atoms with Gasteiger partial charge in [0.1, 0.15) is 48.5 Å². The van der Waals surface area contributed by atoms with Gasteiger partial charge in [-0.2, -0.15) is 4.98 Å². The predicted octanol–water partition coefficient (Wildman–Crippen LogP) is 0.488. The number of anilines is 3. The molecular formula is C23H28FN9O11P2S. The van der Waals surface area contributed by atoms with Gasteiger partial charge in [-0.1, -0.05) is 25.2 Å². The van der Waals surface area contributed by atoms with E-state index in [2.05, 4.69) is 37.2 Å². The topological polar surface area (TPSA) is 275 Å². The summed E-state index contributed by atoms with van der Waals surface area (Å²) >= 11 is 4.04. The number of aromatic amines is 1. The maximum atomic E-state index is 16.2. The summed E-state index contributed by atoms with van der Waals surface area (Å²) in [6.07, 6.45) is -7.39. The largest absolute Gasteiger partial charge is 0.472 e. The number of imidazole rings is 1. The summed E-state index contributed by atoms with van der Waals surface area (Å²) in [4.78, 5) is 42.9. The van der Waals surface area contributed by atoms with Crippen LogP contribution in [0.4, 0.5) is 22.0 Å². The molecule has 3 aromatic heterocycles. The lowest BCUT2D eigenvalue weighted by atomic mass is 9.98. The number of H-pyrrole nitrogens is 1. The fourth-order valence-corrected chi connectivity index (χ4v) is 8.26. The molecule has 47 heavy (non-hydrogen) atoms. The molecule has 0 aliphatic carbocycles. The molecule has 3 fully saturated rings. The zero-order valence-corrected chi connectivity index (χ0v) is 26.7. The van der Waals surface area contributed by atoms with Crippen molar-refractivity contribution in [1.29, 1.82) is 0 Å². The number of nitrogens with two attached hydrogens (primary N) is 2. The van der Waals surface area contributed by atoms with E-state index in [-0.39, 0.29) is 34.7 Å². The van der Waals surface area contributed by atoms with Crippen LogP contribution in [0.2, 0.25) is 0 Å². The van der Waals surface area contributed by atoms with Gasteiger partial charge in [0, 0.05) is 17.7 Å². The number of nitrogens with zero attached hydrogens (tertiary/aromatic N) is 6. The highest BCUT2D eigenvalue weighted by atomic mass is 32.7. The molecule has 4 aliphatic heterocycles. The van der Waals surface area contributed by atoms with Crippen LogP contribution in [0.3, 0.4) is 0 Å².